The predicted molar refractivity (Wildman–Crippen MR) is 72.2 cm³/mol. The monoisotopic (exact) mass is 262 g/mol. The fraction of sp³-hybridized carbons (Fsp3) is 0.286. The zero-order valence-electron chi connectivity index (χ0n) is 10.7. The molecule has 0 fully saturated rings. The highest BCUT2D eigenvalue weighted by Crippen LogP contribution is 2.19. The summed E-state index contributed by atoms with van der Waals surface area (Å²) in [5, 5.41) is 4.73. The lowest BCUT2D eigenvalue weighted by molar-refractivity contribution is 0.0895. The largest absolute Gasteiger partial charge is 0.272 e. The molecule has 0 saturated heterocycles. The van der Waals surface area contributed by atoms with Crippen LogP contribution in [0.25, 0.3) is 0 Å². The molecule has 18 heavy (non-hydrogen) atoms. The number of carbonyl (C=O) groups is 1. The number of benzene rings is 1. The van der Waals surface area contributed by atoms with Gasteiger partial charge in [-0.2, -0.15) is 5.10 Å². The molecule has 0 unspecified atom stereocenters. The Morgan fingerprint density at radius 1 is 1.28 bits per heavy atom. The van der Waals surface area contributed by atoms with Gasteiger partial charge in [-0.25, -0.2) is 4.68 Å². The maximum atomic E-state index is 12.2. The molecule has 0 aliphatic heterocycles. The Morgan fingerprint density at radius 2 is 1.94 bits per heavy atom. The fourth-order valence-corrected chi connectivity index (χ4v) is 2.03. The topological polar surface area (TPSA) is 34.9 Å². The Balaban J connectivity index is 2.28. The van der Waals surface area contributed by atoms with Gasteiger partial charge in [-0.05, 0) is 31.9 Å². The second-order valence-electron chi connectivity index (χ2n) is 4.39. The van der Waals surface area contributed by atoms with Crippen molar-refractivity contribution in [1.29, 1.82) is 0 Å². The van der Waals surface area contributed by atoms with Crippen molar-refractivity contribution in [2.75, 3.05) is 0 Å². The summed E-state index contributed by atoms with van der Waals surface area (Å²) in [6, 6.07) is 7.85. The molecule has 94 valence electrons. The number of carbonyl (C=O) groups excluding carboxylic acids is 1. The molecule has 2 aromatic rings. The molecular formula is C14H15ClN2O. The molecule has 4 heteroatoms. The molecule has 1 aromatic carbocycles. The van der Waals surface area contributed by atoms with Gasteiger partial charge in [-0.3, -0.25) is 4.79 Å². The first-order chi connectivity index (χ1) is 8.50. The van der Waals surface area contributed by atoms with Crippen LogP contribution >= 0.6 is 11.6 Å². The van der Waals surface area contributed by atoms with Crippen LogP contribution in [0.15, 0.2) is 24.3 Å². The minimum absolute atomic E-state index is 0.0585. The molecule has 3 nitrogen and oxygen atoms in total. The van der Waals surface area contributed by atoms with E-state index in [0.717, 1.165) is 11.1 Å². The summed E-state index contributed by atoms with van der Waals surface area (Å²) in [6.45, 7) is 5.60. The van der Waals surface area contributed by atoms with E-state index < -0.39 is 0 Å². The van der Waals surface area contributed by atoms with E-state index in [1.165, 1.54) is 4.68 Å². The molecule has 0 bridgehead atoms. The van der Waals surface area contributed by atoms with Gasteiger partial charge in [0, 0.05) is 0 Å². The van der Waals surface area contributed by atoms with E-state index in [9.17, 15) is 4.79 Å². The van der Waals surface area contributed by atoms with Crippen molar-refractivity contribution >= 4 is 17.5 Å². The van der Waals surface area contributed by atoms with E-state index in [1.807, 2.05) is 31.2 Å². The standard InChI is InChI=1S/C14H15ClN2O/c1-9-6-4-5-7-12(9)8-13(18)17-11(3)14(15)10(2)16-17/h4-7H,8H2,1-3H3. The van der Waals surface area contributed by atoms with Crippen LogP contribution < -0.4 is 0 Å². The third-order valence-electron chi connectivity index (χ3n) is 3.04. The van der Waals surface area contributed by atoms with Crippen molar-refractivity contribution in [1.82, 2.24) is 9.78 Å². The lowest BCUT2D eigenvalue weighted by Crippen LogP contribution is -2.17. The van der Waals surface area contributed by atoms with Crippen molar-refractivity contribution in [3.63, 3.8) is 0 Å². The van der Waals surface area contributed by atoms with E-state index in [1.54, 1.807) is 13.8 Å². The molecule has 1 heterocycles. The van der Waals surface area contributed by atoms with Crippen LogP contribution in [0.5, 0.6) is 0 Å². The third-order valence-corrected chi connectivity index (χ3v) is 3.59. The Hall–Kier alpha value is -1.61. The predicted octanol–water partition coefficient (Wildman–Crippen LogP) is 3.34. The van der Waals surface area contributed by atoms with Crippen LogP contribution in [0.3, 0.4) is 0 Å². The number of aromatic nitrogens is 2. The third kappa shape index (κ3) is 2.31. The van der Waals surface area contributed by atoms with Crippen LogP contribution in [0.1, 0.15) is 27.3 Å². The summed E-state index contributed by atoms with van der Waals surface area (Å²) < 4.78 is 1.39. The van der Waals surface area contributed by atoms with Gasteiger partial charge in [0.15, 0.2) is 0 Å². The van der Waals surface area contributed by atoms with Crippen LogP contribution in [0.4, 0.5) is 0 Å². The van der Waals surface area contributed by atoms with Crippen LogP contribution in [0.2, 0.25) is 5.02 Å². The average Bonchev–Trinajstić information content (AvgIpc) is 2.60. The van der Waals surface area contributed by atoms with Gasteiger partial charge in [0.05, 0.1) is 22.8 Å². The van der Waals surface area contributed by atoms with E-state index in [-0.39, 0.29) is 5.91 Å². The minimum Gasteiger partial charge on any atom is -0.272 e. The van der Waals surface area contributed by atoms with E-state index in [0.29, 0.717) is 22.8 Å². The normalized spacial score (nSPS) is 10.7. The maximum Gasteiger partial charge on any atom is 0.251 e. The zero-order chi connectivity index (χ0) is 13.3. The van der Waals surface area contributed by atoms with Gasteiger partial charge >= 0.3 is 0 Å². The summed E-state index contributed by atoms with van der Waals surface area (Å²) >= 11 is 6.04. The summed E-state index contributed by atoms with van der Waals surface area (Å²) in [7, 11) is 0. The number of rotatable bonds is 2. The Morgan fingerprint density at radius 3 is 2.50 bits per heavy atom. The molecule has 0 aliphatic rings. The molecule has 0 saturated carbocycles. The number of hydrogen-bond acceptors (Lipinski definition) is 2. The fourth-order valence-electron chi connectivity index (χ4n) is 1.91. The first-order valence-corrected chi connectivity index (χ1v) is 6.18. The highest BCUT2D eigenvalue weighted by atomic mass is 35.5. The minimum atomic E-state index is -0.0585. The highest BCUT2D eigenvalue weighted by Gasteiger charge is 2.15. The SMILES string of the molecule is Cc1ccccc1CC(=O)n1nc(C)c(Cl)c1C. The van der Waals surface area contributed by atoms with Gasteiger partial charge in [0.2, 0.25) is 0 Å². The lowest BCUT2D eigenvalue weighted by atomic mass is 10.1. The molecule has 1 aromatic heterocycles. The maximum absolute atomic E-state index is 12.2. The smallest absolute Gasteiger partial charge is 0.251 e. The van der Waals surface area contributed by atoms with Gasteiger partial charge in [0.25, 0.3) is 5.91 Å². The van der Waals surface area contributed by atoms with Crippen LogP contribution in [0, 0.1) is 20.8 Å². The lowest BCUT2D eigenvalue weighted by Gasteiger charge is -2.06. The number of halogens is 1. The second-order valence-corrected chi connectivity index (χ2v) is 4.77. The number of hydrogen-bond donors (Lipinski definition) is 0. The molecule has 0 atom stereocenters. The number of nitrogens with zero attached hydrogens (tertiary/aromatic N) is 2. The van der Waals surface area contributed by atoms with Crippen molar-refractivity contribution in [2.45, 2.75) is 27.2 Å². The van der Waals surface area contributed by atoms with Gasteiger partial charge in [0.1, 0.15) is 0 Å². The molecule has 0 N–H and O–H groups in total. The van der Waals surface area contributed by atoms with Crippen LogP contribution in [-0.4, -0.2) is 15.7 Å². The summed E-state index contributed by atoms with van der Waals surface area (Å²) in [5.41, 5.74) is 3.52. The van der Waals surface area contributed by atoms with E-state index >= 15 is 0 Å². The molecule has 0 aliphatic carbocycles. The van der Waals surface area contributed by atoms with Crippen LogP contribution in [-0.2, 0) is 6.42 Å². The quantitative estimate of drug-likeness (QED) is 0.832. The Bertz CT molecular complexity index is 602. The Labute approximate surface area is 111 Å². The summed E-state index contributed by atoms with van der Waals surface area (Å²) in [5.74, 6) is -0.0585. The van der Waals surface area contributed by atoms with E-state index in [2.05, 4.69) is 5.10 Å². The zero-order valence-corrected chi connectivity index (χ0v) is 11.5. The number of aryl methyl sites for hydroxylation is 2. The molecule has 0 amide bonds. The van der Waals surface area contributed by atoms with Crippen molar-refractivity contribution in [3.05, 3.63) is 51.8 Å². The molecule has 0 spiro atoms. The summed E-state index contributed by atoms with van der Waals surface area (Å²) in [4.78, 5) is 12.2. The highest BCUT2D eigenvalue weighted by molar-refractivity contribution is 6.32. The second kappa shape index (κ2) is 4.94. The molecular weight excluding hydrogens is 248 g/mol. The van der Waals surface area contributed by atoms with E-state index in [4.69, 9.17) is 11.6 Å². The first kappa shape index (κ1) is 12.8. The van der Waals surface area contributed by atoms with Crippen molar-refractivity contribution < 1.29 is 4.79 Å². The first-order valence-electron chi connectivity index (χ1n) is 5.80. The molecule has 2 rings (SSSR count). The van der Waals surface area contributed by atoms with Crippen molar-refractivity contribution in [3.8, 4) is 0 Å². The summed E-state index contributed by atoms with van der Waals surface area (Å²) in [6.07, 6.45) is 0.338. The van der Waals surface area contributed by atoms with Gasteiger partial charge in [-0.1, -0.05) is 35.9 Å². The average molecular weight is 263 g/mol. The Kier molecular flexibility index (Phi) is 3.53. The molecule has 0 radical (unpaired) electrons. The van der Waals surface area contributed by atoms with Crippen molar-refractivity contribution in [2.24, 2.45) is 0 Å². The van der Waals surface area contributed by atoms with Gasteiger partial charge < -0.3 is 0 Å². The van der Waals surface area contributed by atoms with Gasteiger partial charge in [-0.15, -0.1) is 0 Å².